The minimum atomic E-state index is -4.58. The first-order chi connectivity index (χ1) is 12.3. The molecule has 3 rings (SSSR count). The molecule has 136 valence electrons. The van der Waals surface area contributed by atoms with Crippen molar-refractivity contribution in [3.63, 3.8) is 0 Å². The number of hydrogen-bond donors (Lipinski definition) is 0. The zero-order chi connectivity index (χ0) is 18.8. The van der Waals surface area contributed by atoms with Gasteiger partial charge in [0.15, 0.2) is 11.4 Å². The molecule has 1 unspecified atom stereocenters. The number of rotatable bonds is 4. The van der Waals surface area contributed by atoms with Crippen LogP contribution < -0.4 is 9.22 Å². The average Bonchev–Trinajstić information content (AvgIpc) is 2.63. The Labute approximate surface area is 149 Å². The van der Waals surface area contributed by atoms with Gasteiger partial charge in [-0.15, -0.1) is 0 Å². The van der Waals surface area contributed by atoms with Crippen molar-refractivity contribution in [2.45, 2.75) is 20.0 Å². The summed E-state index contributed by atoms with van der Waals surface area (Å²) in [6.07, 6.45) is 4.71. The molecule has 2 aromatic heterocycles. The standard InChI is InChI=1S/C18H18F3N4O/c1-3-25(14-5-4-8-22-9-14)12-13(2)6-7-16(25)26-15-10-23-17(24-11-15)18(19,20)21/h4-11H,3,12H2,1-2H3/q+1. The van der Waals surface area contributed by atoms with Crippen LogP contribution in [0.3, 0.4) is 0 Å². The second-order valence-electron chi connectivity index (χ2n) is 6.01. The second-order valence-corrected chi connectivity index (χ2v) is 6.01. The fourth-order valence-corrected chi connectivity index (χ4v) is 2.95. The van der Waals surface area contributed by atoms with Gasteiger partial charge < -0.3 is 4.74 Å². The highest BCUT2D eigenvalue weighted by Crippen LogP contribution is 2.34. The van der Waals surface area contributed by atoms with E-state index >= 15 is 0 Å². The van der Waals surface area contributed by atoms with Gasteiger partial charge in [-0.1, -0.05) is 0 Å². The highest BCUT2D eigenvalue weighted by atomic mass is 19.4. The van der Waals surface area contributed by atoms with Gasteiger partial charge in [0.25, 0.3) is 0 Å². The molecule has 0 aromatic carbocycles. The van der Waals surface area contributed by atoms with E-state index in [9.17, 15) is 13.2 Å². The monoisotopic (exact) mass is 363 g/mol. The lowest BCUT2D eigenvalue weighted by Crippen LogP contribution is -2.52. The summed E-state index contributed by atoms with van der Waals surface area (Å²) in [7, 11) is 0. The number of likely N-dealkylation sites (N-methyl/N-ethyl adjacent to an activating group) is 1. The van der Waals surface area contributed by atoms with E-state index < -0.39 is 12.0 Å². The first kappa shape index (κ1) is 18.1. The first-order valence-corrected chi connectivity index (χ1v) is 8.08. The van der Waals surface area contributed by atoms with Crippen molar-refractivity contribution in [2.24, 2.45) is 0 Å². The number of hydrogen-bond acceptors (Lipinski definition) is 4. The summed E-state index contributed by atoms with van der Waals surface area (Å²) in [5.41, 5.74) is 2.09. The van der Waals surface area contributed by atoms with Crippen molar-refractivity contribution in [3.05, 3.63) is 66.4 Å². The summed E-state index contributed by atoms with van der Waals surface area (Å²) in [4.78, 5) is 10.9. The third kappa shape index (κ3) is 3.45. The zero-order valence-corrected chi connectivity index (χ0v) is 14.4. The Balaban J connectivity index is 1.96. The second kappa shape index (κ2) is 6.87. The molecule has 1 aliphatic heterocycles. The summed E-state index contributed by atoms with van der Waals surface area (Å²) in [6.45, 7) is 5.40. The molecule has 3 heterocycles. The first-order valence-electron chi connectivity index (χ1n) is 8.08. The zero-order valence-electron chi connectivity index (χ0n) is 14.4. The van der Waals surface area contributed by atoms with E-state index in [2.05, 4.69) is 15.0 Å². The van der Waals surface area contributed by atoms with Gasteiger partial charge in [-0.25, -0.2) is 14.5 Å². The van der Waals surface area contributed by atoms with E-state index in [4.69, 9.17) is 4.74 Å². The van der Waals surface area contributed by atoms with Crippen LogP contribution in [0, 0.1) is 0 Å². The number of ether oxygens (including phenoxy) is 1. The summed E-state index contributed by atoms with van der Waals surface area (Å²) in [5.74, 6) is -0.465. The minimum Gasteiger partial charge on any atom is -0.409 e. The fraction of sp³-hybridized carbons (Fsp3) is 0.278. The van der Waals surface area contributed by atoms with Crippen molar-refractivity contribution in [1.29, 1.82) is 0 Å². The molecule has 0 spiro atoms. The molecule has 1 aliphatic rings. The van der Waals surface area contributed by atoms with Gasteiger partial charge in [0.05, 0.1) is 25.1 Å². The molecule has 0 radical (unpaired) electrons. The van der Waals surface area contributed by atoms with Crippen LogP contribution >= 0.6 is 0 Å². The molecule has 26 heavy (non-hydrogen) atoms. The Morgan fingerprint density at radius 3 is 2.46 bits per heavy atom. The lowest BCUT2D eigenvalue weighted by molar-refractivity contribution is -0.145. The maximum Gasteiger partial charge on any atom is 0.451 e. The average molecular weight is 363 g/mol. The van der Waals surface area contributed by atoms with Gasteiger partial charge in [0.1, 0.15) is 6.54 Å². The van der Waals surface area contributed by atoms with Crippen molar-refractivity contribution >= 4 is 5.69 Å². The Kier molecular flexibility index (Phi) is 4.78. The molecular weight excluding hydrogens is 345 g/mol. The molecule has 5 nitrogen and oxygen atoms in total. The van der Waals surface area contributed by atoms with Crippen molar-refractivity contribution < 1.29 is 17.9 Å². The molecule has 2 aromatic rings. The summed E-state index contributed by atoms with van der Waals surface area (Å²) in [6, 6.07) is 3.80. The number of aromatic nitrogens is 3. The maximum atomic E-state index is 12.6. The predicted molar refractivity (Wildman–Crippen MR) is 90.9 cm³/mol. The number of pyridine rings is 1. The van der Waals surface area contributed by atoms with Crippen LogP contribution in [0.4, 0.5) is 18.9 Å². The highest BCUT2D eigenvalue weighted by Gasteiger charge is 2.39. The number of quaternary nitrogens is 1. The highest BCUT2D eigenvalue weighted by molar-refractivity contribution is 5.49. The molecule has 0 N–H and O–H groups in total. The Hall–Kier alpha value is -2.74. The van der Waals surface area contributed by atoms with Gasteiger partial charge in [0, 0.05) is 18.3 Å². The van der Waals surface area contributed by atoms with Crippen LogP contribution in [0.1, 0.15) is 19.7 Å². The number of allylic oxidation sites excluding steroid dienone is 2. The van der Waals surface area contributed by atoms with E-state index in [1.165, 1.54) is 0 Å². The van der Waals surface area contributed by atoms with Crippen LogP contribution in [0.5, 0.6) is 5.75 Å². The molecule has 0 fully saturated rings. The summed E-state index contributed by atoms with van der Waals surface area (Å²) >= 11 is 0. The minimum absolute atomic E-state index is 0.150. The Morgan fingerprint density at radius 1 is 1.15 bits per heavy atom. The van der Waals surface area contributed by atoms with E-state index in [0.717, 1.165) is 23.7 Å². The van der Waals surface area contributed by atoms with Gasteiger partial charge in [-0.3, -0.25) is 4.98 Å². The Morgan fingerprint density at radius 2 is 1.88 bits per heavy atom. The third-order valence-electron chi connectivity index (χ3n) is 4.24. The molecule has 8 heteroatoms. The molecule has 0 saturated heterocycles. The van der Waals surface area contributed by atoms with Crippen LogP contribution in [0.15, 0.2) is 60.5 Å². The molecule has 0 aliphatic carbocycles. The van der Waals surface area contributed by atoms with Crippen LogP contribution in [-0.4, -0.2) is 28.0 Å². The third-order valence-corrected chi connectivity index (χ3v) is 4.24. The van der Waals surface area contributed by atoms with Crippen molar-refractivity contribution in [3.8, 4) is 5.75 Å². The van der Waals surface area contributed by atoms with E-state index in [-0.39, 0.29) is 5.75 Å². The van der Waals surface area contributed by atoms with Crippen molar-refractivity contribution in [2.75, 3.05) is 13.1 Å². The molecule has 0 amide bonds. The number of nitrogens with zero attached hydrogens (tertiary/aromatic N) is 4. The van der Waals surface area contributed by atoms with Crippen LogP contribution in [-0.2, 0) is 6.18 Å². The van der Waals surface area contributed by atoms with Crippen LogP contribution in [0.2, 0.25) is 0 Å². The lowest BCUT2D eigenvalue weighted by Gasteiger charge is -2.38. The maximum absolute atomic E-state index is 12.6. The van der Waals surface area contributed by atoms with E-state index in [1.54, 1.807) is 12.4 Å². The molecular formula is C18H18F3N4O+. The van der Waals surface area contributed by atoms with E-state index in [0.29, 0.717) is 23.5 Å². The van der Waals surface area contributed by atoms with Gasteiger partial charge in [0.2, 0.25) is 5.82 Å². The van der Waals surface area contributed by atoms with Gasteiger partial charge in [-0.05, 0) is 31.6 Å². The lowest BCUT2D eigenvalue weighted by atomic mass is 10.1. The quantitative estimate of drug-likeness (QED) is 0.768. The van der Waals surface area contributed by atoms with Crippen LogP contribution in [0.25, 0.3) is 0 Å². The molecule has 0 saturated carbocycles. The summed E-state index contributed by atoms with van der Waals surface area (Å²) in [5, 5.41) is 0. The SMILES string of the molecule is CC[N+]1(c2cccnc2)CC(C)=CC=C1Oc1cnc(C(F)(F)F)nc1. The molecule has 0 bridgehead atoms. The largest absolute Gasteiger partial charge is 0.451 e. The number of halogens is 3. The predicted octanol–water partition coefficient (Wildman–Crippen LogP) is 4.10. The Bertz CT molecular complexity index is 832. The van der Waals surface area contributed by atoms with Gasteiger partial charge in [-0.2, -0.15) is 13.2 Å². The smallest absolute Gasteiger partial charge is 0.409 e. The fourth-order valence-electron chi connectivity index (χ4n) is 2.95. The topological polar surface area (TPSA) is 47.9 Å². The van der Waals surface area contributed by atoms with E-state index in [1.807, 2.05) is 38.1 Å². The number of alkyl halides is 3. The normalized spacial score (nSPS) is 20.3. The van der Waals surface area contributed by atoms with Gasteiger partial charge >= 0.3 is 12.1 Å². The van der Waals surface area contributed by atoms with Crippen molar-refractivity contribution in [1.82, 2.24) is 19.4 Å². The summed E-state index contributed by atoms with van der Waals surface area (Å²) < 4.78 is 44.1. The molecule has 1 atom stereocenters.